The van der Waals surface area contributed by atoms with Crippen LogP contribution in [-0.4, -0.2) is 34.7 Å². The van der Waals surface area contributed by atoms with Crippen molar-refractivity contribution in [2.24, 2.45) is 0 Å². The molecule has 2 rings (SSSR count). The highest BCUT2D eigenvalue weighted by molar-refractivity contribution is 6.58. The first-order valence-electron chi connectivity index (χ1n) is 6.49. The first kappa shape index (κ1) is 13.5. The Balaban J connectivity index is 2.11. The molecule has 0 spiro atoms. The Kier molecular flexibility index (Phi) is 4.38. The van der Waals surface area contributed by atoms with Gasteiger partial charge in [-0.05, 0) is 49.0 Å². The van der Waals surface area contributed by atoms with Crippen LogP contribution in [0.1, 0.15) is 31.7 Å². The van der Waals surface area contributed by atoms with Gasteiger partial charge in [-0.2, -0.15) is 0 Å². The van der Waals surface area contributed by atoms with Gasteiger partial charge in [0.15, 0.2) is 0 Å². The molecule has 1 aliphatic carbocycles. The van der Waals surface area contributed by atoms with Crippen molar-refractivity contribution >= 4 is 12.6 Å². The molecule has 2 N–H and O–H groups in total. The Morgan fingerprint density at radius 3 is 2.61 bits per heavy atom. The van der Waals surface area contributed by atoms with Gasteiger partial charge >= 0.3 is 7.12 Å². The van der Waals surface area contributed by atoms with Gasteiger partial charge in [-0.25, -0.2) is 4.39 Å². The predicted molar refractivity (Wildman–Crippen MR) is 69.9 cm³/mol. The standard InChI is InChI=1S/C13H19BFNO2/c1-2-5-16(13-3-4-13)9-10-6-11(14(17)18)8-12(15)7-10/h6-8,13,17-18H,2-5,9H2,1H3. The summed E-state index contributed by atoms with van der Waals surface area (Å²) in [6.45, 7) is 3.80. The molecule has 1 aliphatic rings. The lowest BCUT2D eigenvalue weighted by Crippen LogP contribution is -2.32. The molecule has 0 amide bonds. The summed E-state index contributed by atoms with van der Waals surface area (Å²) in [7, 11) is -1.61. The van der Waals surface area contributed by atoms with Crippen LogP contribution in [0.4, 0.5) is 4.39 Å². The van der Waals surface area contributed by atoms with Crippen LogP contribution >= 0.6 is 0 Å². The third-order valence-corrected chi connectivity index (χ3v) is 3.24. The van der Waals surface area contributed by atoms with Crippen LogP contribution in [0.3, 0.4) is 0 Å². The van der Waals surface area contributed by atoms with Crippen LogP contribution in [0.25, 0.3) is 0 Å². The van der Waals surface area contributed by atoms with E-state index >= 15 is 0 Å². The third kappa shape index (κ3) is 3.54. The van der Waals surface area contributed by atoms with Crippen molar-refractivity contribution in [3.8, 4) is 0 Å². The highest BCUT2D eigenvalue weighted by Gasteiger charge is 2.28. The van der Waals surface area contributed by atoms with Crippen molar-refractivity contribution in [2.75, 3.05) is 6.54 Å². The molecule has 1 aromatic rings. The molecule has 1 saturated carbocycles. The Hall–Kier alpha value is -0.905. The monoisotopic (exact) mass is 251 g/mol. The van der Waals surface area contributed by atoms with Crippen LogP contribution in [0.2, 0.25) is 0 Å². The second-order valence-electron chi connectivity index (χ2n) is 4.97. The summed E-state index contributed by atoms with van der Waals surface area (Å²) in [5, 5.41) is 18.2. The largest absolute Gasteiger partial charge is 0.488 e. The van der Waals surface area contributed by atoms with E-state index in [0.29, 0.717) is 12.6 Å². The Morgan fingerprint density at radius 1 is 1.33 bits per heavy atom. The summed E-state index contributed by atoms with van der Waals surface area (Å²) in [5.74, 6) is -0.414. The highest BCUT2D eigenvalue weighted by Crippen LogP contribution is 2.28. The van der Waals surface area contributed by atoms with Crippen LogP contribution in [0.15, 0.2) is 18.2 Å². The second-order valence-corrected chi connectivity index (χ2v) is 4.97. The lowest BCUT2D eigenvalue weighted by Gasteiger charge is -2.21. The maximum absolute atomic E-state index is 13.4. The van der Waals surface area contributed by atoms with Gasteiger partial charge in [0.1, 0.15) is 5.82 Å². The van der Waals surface area contributed by atoms with Gasteiger partial charge < -0.3 is 10.0 Å². The van der Waals surface area contributed by atoms with Crippen molar-refractivity contribution in [1.29, 1.82) is 0 Å². The van der Waals surface area contributed by atoms with E-state index in [9.17, 15) is 4.39 Å². The molecule has 0 heterocycles. The van der Waals surface area contributed by atoms with Crippen LogP contribution in [-0.2, 0) is 6.54 Å². The molecule has 0 aromatic heterocycles. The van der Waals surface area contributed by atoms with E-state index < -0.39 is 12.9 Å². The normalized spacial score (nSPS) is 15.2. The Morgan fingerprint density at radius 2 is 2.06 bits per heavy atom. The van der Waals surface area contributed by atoms with Crippen molar-refractivity contribution < 1.29 is 14.4 Å². The number of nitrogens with zero attached hydrogens (tertiary/aromatic N) is 1. The van der Waals surface area contributed by atoms with Crippen LogP contribution in [0, 0.1) is 5.82 Å². The van der Waals surface area contributed by atoms with Gasteiger partial charge in [0.2, 0.25) is 0 Å². The van der Waals surface area contributed by atoms with E-state index in [2.05, 4.69) is 11.8 Å². The number of halogens is 1. The molecule has 0 aliphatic heterocycles. The van der Waals surface area contributed by atoms with E-state index in [1.165, 1.54) is 18.9 Å². The molecule has 1 aromatic carbocycles. The van der Waals surface area contributed by atoms with Crippen molar-refractivity contribution in [3.63, 3.8) is 0 Å². The SMILES string of the molecule is CCCN(Cc1cc(F)cc(B(O)O)c1)C1CC1. The van der Waals surface area contributed by atoms with Gasteiger partial charge in [-0.15, -0.1) is 0 Å². The van der Waals surface area contributed by atoms with E-state index in [-0.39, 0.29) is 5.46 Å². The molecule has 98 valence electrons. The molecule has 1 fully saturated rings. The molecule has 0 atom stereocenters. The van der Waals surface area contributed by atoms with Crippen LogP contribution < -0.4 is 5.46 Å². The number of hydrogen-bond donors (Lipinski definition) is 2. The smallest absolute Gasteiger partial charge is 0.423 e. The summed E-state index contributed by atoms with van der Waals surface area (Å²) in [6.07, 6.45) is 3.50. The van der Waals surface area contributed by atoms with Crippen molar-refractivity contribution in [3.05, 3.63) is 29.6 Å². The third-order valence-electron chi connectivity index (χ3n) is 3.24. The molecule has 0 bridgehead atoms. The molecule has 3 nitrogen and oxygen atoms in total. The zero-order valence-electron chi connectivity index (χ0n) is 10.6. The molecular formula is C13H19BFNO2. The summed E-state index contributed by atoms with van der Waals surface area (Å²) in [6, 6.07) is 4.92. The first-order valence-corrected chi connectivity index (χ1v) is 6.49. The minimum absolute atomic E-state index is 0.220. The first-order chi connectivity index (χ1) is 8.60. The lowest BCUT2D eigenvalue weighted by atomic mass is 9.79. The number of benzene rings is 1. The molecule has 0 saturated heterocycles. The average molecular weight is 251 g/mol. The van der Waals surface area contributed by atoms with Gasteiger partial charge in [0.05, 0.1) is 0 Å². The van der Waals surface area contributed by atoms with Gasteiger partial charge in [-0.3, -0.25) is 4.90 Å². The highest BCUT2D eigenvalue weighted by atomic mass is 19.1. The molecule has 0 unspecified atom stereocenters. The summed E-state index contributed by atoms with van der Waals surface area (Å²) in [5.41, 5.74) is 1.02. The minimum atomic E-state index is -1.61. The minimum Gasteiger partial charge on any atom is -0.423 e. The maximum Gasteiger partial charge on any atom is 0.488 e. The van der Waals surface area contributed by atoms with Gasteiger partial charge in [0, 0.05) is 12.6 Å². The topological polar surface area (TPSA) is 43.7 Å². The second kappa shape index (κ2) is 5.82. The van der Waals surface area contributed by atoms with Crippen molar-refractivity contribution in [1.82, 2.24) is 4.90 Å². The fourth-order valence-electron chi connectivity index (χ4n) is 2.27. The number of rotatable bonds is 6. The van der Waals surface area contributed by atoms with Gasteiger partial charge in [0.25, 0.3) is 0 Å². The summed E-state index contributed by atoms with van der Waals surface area (Å²) in [4.78, 5) is 2.34. The Bertz CT molecular complexity index is 410. The Labute approximate surface area is 107 Å². The summed E-state index contributed by atoms with van der Waals surface area (Å²) < 4.78 is 13.4. The maximum atomic E-state index is 13.4. The molecule has 5 heteroatoms. The predicted octanol–water partition coefficient (Wildman–Crippen LogP) is 0.880. The fourth-order valence-corrected chi connectivity index (χ4v) is 2.27. The van der Waals surface area contributed by atoms with E-state index in [1.54, 1.807) is 6.07 Å². The van der Waals surface area contributed by atoms with E-state index in [4.69, 9.17) is 10.0 Å². The van der Waals surface area contributed by atoms with E-state index in [0.717, 1.165) is 24.6 Å². The lowest BCUT2D eigenvalue weighted by molar-refractivity contribution is 0.255. The quantitative estimate of drug-likeness (QED) is 0.737. The average Bonchev–Trinajstić information content (AvgIpc) is 3.11. The molecular weight excluding hydrogens is 232 g/mol. The molecule has 18 heavy (non-hydrogen) atoms. The zero-order valence-corrected chi connectivity index (χ0v) is 10.6. The van der Waals surface area contributed by atoms with Gasteiger partial charge in [-0.1, -0.05) is 13.0 Å². The zero-order chi connectivity index (χ0) is 13.1. The van der Waals surface area contributed by atoms with Crippen molar-refractivity contribution in [2.45, 2.75) is 38.8 Å². The van der Waals surface area contributed by atoms with Crippen LogP contribution in [0.5, 0.6) is 0 Å². The fraction of sp³-hybridized carbons (Fsp3) is 0.538. The van der Waals surface area contributed by atoms with E-state index in [1.807, 2.05) is 0 Å². The number of hydrogen-bond acceptors (Lipinski definition) is 3. The summed E-state index contributed by atoms with van der Waals surface area (Å²) >= 11 is 0. The molecule has 0 radical (unpaired) electrons.